The predicted octanol–water partition coefficient (Wildman–Crippen LogP) is 3.51. The van der Waals surface area contributed by atoms with E-state index in [4.69, 9.17) is 9.52 Å². The number of rotatable bonds is 3. The van der Waals surface area contributed by atoms with Crippen molar-refractivity contribution in [2.75, 3.05) is 6.26 Å². The molecule has 124 valence electrons. The first-order valence-corrected chi connectivity index (χ1v) is 8.96. The number of hydrogen-bond acceptors (Lipinski definition) is 4. The van der Waals surface area contributed by atoms with Crippen LogP contribution in [0.5, 0.6) is 0 Å². The zero-order valence-corrected chi connectivity index (χ0v) is 14.3. The molecule has 1 aromatic heterocycles. The highest BCUT2D eigenvalue weighted by Gasteiger charge is 2.20. The van der Waals surface area contributed by atoms with Gasteiger partial charge in [0.1, 0.15) is 11.8 Å². The summed E-state index contributed by atoms with van der Waals surface area (Å²) >= 11 is -1.32. The van der Waals surface area contributed by atoms with E-state index in [0.29, 0.717) is 15.9 Å². The van der Waals surface area contributed by atoms with Gasteiger partial charge < -0.3 is 14.1 Å². The van der Waals surface area contributed by atoms with Gasteiger partial charge in [-0.1, -0.05) is 13.8 Å². The van der Waals surface area contributed by atoms with Crippen molar-refractivity contribution in [2.24, 2.45) is 0 Å². The third-order valence-electron chi connectivity index (χ3n) is 3.98. The summed E-state index contributed by atoms with van der Waals surface area (Å²) in [5.74, 6) is -0.958. The summed E-state index contributed by atoms with van der Waals surface area (Å²) in [6.07, 6.45) is 1.54. The number of hydrogen-bond donors (Lipinski definition) is 1. The molecule has 0 fully saturated rings. The molecule has 0 saturated heterocycles. The van der Waals surface area contributed by atoms with Crippen LogP contribution in [0.25, 0.3) is 21.9 Å². The lowest BCUT2D eigenvalue weighted by molar-refractivity contribution is 0.0697. The topological polar surface area (TPSA) is 90.6 Å². The molecular formula is C18H16O5S. The first kappa shape index (κ1) is 16.5. The Kier molecular flexibility index (Phi) is 4.11. The lowest BCUT2D eigenvalue weighted by atomic mass is 10.0. The maximum absolute atomic E-state index is 12.9. The molecule has 0 saturated carbocycles. The van der Waals surface area contributed by atoms with Crippen LogP contribution >= 0.6 is 0 Å². The van der Waals surface area contributed by atoms with Crippen molar-refractivity contribution in [3.05, 3.63) is 51.7 Å². The fourth-order valence-electron chi connectivity index (χ4n) is 2.63. The molecule has 1 heterocycles. The molecule has 0 amide bonds. The molecule has 1 unspecified atom stereocenters. The average Bonchev–Trinajstić information content (AvgIpc) is 2.53. The monoisotopic (exact) mass is 344 g/mol. The normalized spacial score (nSPS) is 12.9. The van der Waals surface area contributed by atoms with Gasteiger partial charge in [0.2, 0.25) is 5.43 Å². The lowest BCUT2D eigenvalue weighted by Gasteiger charge is -2.12. The van der Waals surface area contributed by atoms with Gasteiger partial charge in [-0.15, -0.1) is 0 Å². The summed E-state index contributed by atoms with van der Waals surface area (Å²) in [4.78, 5) is 24.5. The predicted molar refractivity (Wildman–Crippen MR) is 93.4 cm³/mol. The van der Waals surface area contributed by atoms with Crippen LogP contribution in [-0.4, -0.2) is 21.9 Å². The Labute approximate surface area is 141 Å². The van der Waals surface area contributed by atoms with Crippen molar-refractivity contribution in [1.82, 2.24) is 0 Å². The van der Waals surface area contributed by atoms with Crippen molar-refractivity contribution < 1.29 is 18.9 Å². The van der Waals surface area contributed by atoms with Gasteiger partial charge in [-0.2, -0.15) is 0 Å². The molecule has 3 aromatic rings. The minimum absolute atomic E-state index is 0.0217. The van der Waals surface area contributed by atoms with Gasteiger partial charge in [-0.05, 0) is 46.9 Å². The summed E-state index contributed by atoms with van der Waals surface area (Å²) in [5.41, 5.74) is 1.16. The van der Waals surface area contributed by atoms with Gasteiger partial charge in [0.05, 0.1) is 16.3 Å². The van der Waals surface area contributed by atoms with Crippen molar-refractivity contribution in [3.63, 3.8) is 0 Å². The maximum Gasteiger partial charge on any atom is 0.335 e. The van der Waals surface area contributed by atoms with Gasteiger partial charge in [0.15, 0.2) is 10.5 Å². The Bertz CT molecular complexity index is 1020. The fourth-order valence-corrected chi connectivity index (χ4v) is 3.34. The average molecular weight is 344 g/mol. The molecule has 0 aliphatic rings. The molecule has 24 heavy (non-hydrogen) atoms. The molecular weight excluding hydrogens is 328 g/mol. The zero-order chi connectivity index (χ0) is 17.6. The van der Waals surface area contributed by atoms with Gasteiger partial charge >= 0.3 is 5.97 Å². The minimum atomic E-state index is -1.32. The molecule has 0 aliphatic heterocycles. The third kappa shape index (κ3) is 2.68. The molecule has 1 N–H and O–H groups in total. The zero-order valence-electron chi connectivity index (χ0n) is 13.5. The van der Waals surface area contributed by atoms with Gasteiger partial charge in [0.25, 0.3) is 0 Å². The van der Waals surface area contributed by atoms with Crippen LogP contribution in [0.15, 0.2) is 44.4 Å². The Morgan fingerprint density at radius 1 is 1.21 bits per heavy atom. The van der Waals surface area contributed by atoms with Gasteiger partial charge in [-0.3, -0.25) is 4.79 Å². The van der Waals surface area contributed by atoms with Crippen LogP contribution in [0, 0.1) is 0 Å². The molecule has 2 aromatic carbocycles. The van der Waals surface area contributed by atoms with Crippen LogP contribution < -0.4 is 5.43 Å². The molecule has 5 nitrogen and oxygen atoms in total. The van der Waals surface area contributed by atoms with Crippen LogP contribution in [0.4, 0.5) is 0 Å². The van der Waals surface area contributed by atoms with Gasteiger partial charge in [-0.25, -0.2) is 4.79 Å². The second kappa shape index (κ2) is 5.96. The molecule has 0 spiro atoms. The molecule has 6 heteroatoms. The van der Waals surface area contributed by atoms with Crippen molar-refractivity contribution >= 4 is 39.1 Å². The largest absolute Gasteiger partial charge is 0.612 e. The second-order valence-electron chi connectivity index (χ2n) is 5.95. The van der Waals surface area contributed by atoms with E-state index in [2.05, 4.69) is 0 Å². The summed E-state index contributed by atoms with van der Waals surface area (Å²) in [6, 6.07) is 7.68. The number of carboxylic acids is 1. The molecule has 0 bridgehead atoms. The number of aromatic carboxylic acids is 1. The number of fused-ring (bicyclic) bond motifs is 2. The van der Waals surface area contributed by atoms with E-state index >= 15 is 0 Å². The number of carbonyl (C=O) groups is 1. The van der Waals surface area contributed by atoms with E-state index in [0.717, 1.165) is 5.56 Å². The Hall–Kier alpha value is -2.31. The minimum Gasteiger partial charge on any atom is -0.612 e. The quantitative estimate of drug-likeness (QED) is 0.580. The Morgan fingerprint density at radius 2 is 1.92 bits per heavy atom. The lowest BCUT2D eigenvalue weighted by Crippen LogP contribution is -2.08. The van der Waals surface area contributed by atoms with Crippen LogP contribution in [0.3, 0.4) is 0 Å². The number of benzene rings is 2. The maximum atomic E-state index is 12.9. The van der Waals surface area contributed by atoms with Crippen LogP contribution in [0.1, 0.15) is 35.7 Å². The van der Waals surface area contributed by atoms with Crippen molar-refractivity contribution in [1.29, 1.82) is 0 Å². The van der Waals surface area contributed by atoms with Crippen LogP contribution in [0.2, 0.25) is 0 Å². The summed E-state index contributed by atoms with van der Waals surface area (Å²) in [7, 11) is 0. The fraction of sp³-hybridized carbons (Fsp3) is 0.222. The van der Waals surface area contributed by atoms with Gasteiger partial charge in [0, 0.05) is 6.07 Å². The summed E-state index contributed by atoms with van der Waals surface area (Å²) in [5, 5.41) is 9.63. The van der Waals surface area contributed by atoms with E-state index < -0.39 is 17.1 Å². The summed E-state index contributed by atoms with van der Waals surface area (Å²) < 4.78 is 17.9. The number of carboxylic acid groups (broad SMARTS) is 1. The highest BCUT2D eigenvalue weighted by molar-refractivity contribution is 7.91. The van der Waals surface area contributed by atoms with Crippen LogP contribution in [-0.2, 0) is 11.2 Å². The summed E-state index contributed by atoms with van der Waals surface area (Å²) in [6.45, 7) is 3.96. The van der Waals surface area contributed by atoms with Crippen molar-refractivity contribution in [2.45, 2.75) is 24.7 Å². The SMILES string of the molecule is CC(C)c1cc([S+](C)[O-])c2oc3ccc(C(=O)O)cc3c(=O)c2c1. The first-order chi connectivity index (χ1) is 11.3. The molecule has 0 radical (unpaired) electrons. The Morgan fingerprint density at radius 3 is 2.50 bits per heavy atom. The standard InChI is InChI=1S/C18H16O5S/c1-9(2)11-7-13-16(19)12-6-10(18(20)21)4-5-14(12)23-17(13)15(8-11)24(3)22/h4-9H,1-3H3,(H,20,21). The highest BCUT2D eigenvalue weighted by atomic mass is 32.2. The second-order valence-corrected chi connectivity index (χ2v) is 7.30. The third-order valence-corrected chi connectivity index (χ3v) is 4.90. The molecule has 1 atom stereocenters. The van der Waals surface area contributed by atoms with E-state index in [1.807, 2.05) is 13.8 Å². The van der Waals surface area contributed by atoms with E-state index in [1.54, 1.807) is 12.1 Å². The van der Waals surface area contributed by atoms with E-state index in [1.165, 1.54) is 24.5 Å². The highest BCUT2D eigenvalue weighted by Crippen LogP contribution is 2.29. The van der Waals surface area contributed by atoms with E-state index in [9.17, 15) is 14.1 Å². The van der Waals surface area contributed by atoms with Crippen molar-refractivity contribution in [3.8, 4) is 0 Å². The smallest absolute Gasteiger partial charge is 0.335 e. The first-order valence-electron chi connectivity index (χ1n) is 7.41. The molecule has 3 rings (SSSR count). The Balaban J connectivity index is 2.47. The molecule has 0 aliphatic carbocycles. The van der Waals surface area contributed by atoms with E-state index in [-0.39, 0.29) is 27.9 Å².